The van der Waals surface area contributed by atoms with Crippen LogP contribution in [0.3, 0.4) is 0 Å². The van der Waals surface area contributed by atoms with Crippen molar-refractivity contribution in [2.24, 2.45) is 0 Å². The molecule has 21 heavy (non-hydrogen) atoms. The van der Waals surface area contributed by atoms with Crippen molar-refractivity contribution >= 4 is 21.8 Å². The van der Waals surface area contributed by atoms with Gasteiger partial charge in [0, 0.05) is 10.2 Å². The molecule has 0 saturated carbocycles. The Balaban J connectivity index is 2.10. The van der Waals surface area contributed by atoms with Crippen LogP contribution in [0.4, 0.5) is 0 Å². The number of carbonyl (C=O) groups excluding carboxylic acids is 1. The predicted molar refractivity (Wildman–Crippen MR) is 86.1 cm³/mol. The fraction of sp³-hybridized carbons (Fsp3) is 0.375. The van der Waals surface area contributed by atoms with Gasteiger partial charge in [-0.3, -0.25) is 4.79 Å². The van der Waals surface area contributed by atoms with E-state index in [1.54, 1.807) is 0 Å². The molecule has 5 heteroatoms. The van der Waals surface area contributed by atoms with Gasteiger partial charge in [0.05, 0.1) is 5.69 Å². The number of ether oxygens (including phenoxy) is 1. The Labute approximate surface area is 133 Å². The first-order valence-corrected chi connectivity index (χ1v) is 7.67. The van der Waals surface area contributed by atoms with Crippen molar-refractivity contribution in [2.45, 2.75) is 33.6 Å². The highest BCUT2D eigenvalue weighted by atomic mass is 79.9. The van der Waals surface area contributed by atoms with E-state index in [1.165, 1.54) is 4.68 Å². The lowest BCUT2D eigenvalue weighted by Crippen LogP contribution is -2.21. The summed E-state index contributed by atoms with van der Waals surface area (Å²) in [5.41, 5.74) is 2.93. The molecule has 0 saturated heterocycles. The summed E-state index contributed by atoms with van der Waals surface area (Å²) in [5.74, 6) is 0.849. The minimum atomic E-state index is -0.162. The van der Waals surface area contributed by atoms with Crippen LogP contribution in [0.15, 0.2) is 28.7 Å². The summed E-state index contributed by atoms with van der Waals surface area (Å²) in [6.45, 7) is 8.03. The molecule has 2 rings (SSSR count). The van der Waals surface area contributed by atoms with E-state index in [2.05, 4.69) is 34.9 Å². The molecule has 0 amide bonds. The standard InChI is InChI=1S/C16H19BrN2O2/c1-10(2)16-11(3)18-19(12(16)4)15(20)9-21-14-7-5-13(17)6-8-14/h5-8,10H,9H2,1-4H3. The van der Waals surface area contributed by atoms with Gasteiger partial charge in [0.15, 0.2) is 6.61 Å². The van der Waals surface area contributed by atoms with E-state index in [-0.39, 0.29) is 12.5 Å². The van der Waals surface area contributed by atoms with E-state index in [9.17, 15) is 4.79 Å². The molecular weight excluding hydrogens is 332 g/mol. The molecular formula is C16H19BrN2O2. The highest BCUT2D eigenvalue weighted by molar-refractivity contribution is 9.10. The van der Waals surface area contributed by atoms with E-state index in [4.69, 9.17) is 4.74 Å². The highest BCUT2D eigenvalue weighted by Crippen LogP contribution is 2.22. The average molecular weight is 351 g/mol. The highest BCUT2D eigenvalue weighted by Gasteiger charge is 2.18. The van der Waals surface area contributed by atoms with E-state index < -0.39 is 0 Å². The predicted octanol–water partition coefficient (Wildman–Crippen LogP) is 4.11. The van der Waals surface area contributed by atoms with Crippen LogP contribution in [0.1, 0.15) is 41.5 Å². The van der Waals surface area contributed by atoms with Crippen LogP contribution in [-0.4, -0.2) is 22.3 Å². The Morgan fingerprint density at radius 2 is 1.90 bits per heavy atom. The number of carbonyl (C=O) groups is 1. The lowest BCUT2D eigenvalue weighted by molar-refractivity contribution is 0.0818. The normalized spacial score (nSPS) is 11.0. The molecule has 0 aliphatic carbocycles. The first-order chi connectivity index (χ1) is 9.90. The maximum absolute atomic E-state index is 12.3. The van der Waals surface area contributed by atoms with Gasteiger partial charge in [-0.25, -0.2) is 4.68 Å². The fourth-order valence-corrected chi connectivity index (χ4v) is 2.73. The zero-order chi connectivity index (χ0) is 15.6. The van der Waals surface area contributed by atoms with Crippen LogP contribution >= 0.6 is 15.9 Å². The molecule has 0 aliphatic rings. The van der Waals surface area contributed by atoms with Crippen LogP contribution in [0.25, 0.3) is 0 Å². The van der Waals surface area contributed by atoms with Gasteiger partial charge >= 0.3 is 0 Å². The molecule has 1 heterocycles. The summed E-state index contributed by atoms with van der Waals surface area (Å²) in [5, 5.41) is 4.34. The van der Waals surface area contributed by atoms with Crippen molar-refractivity contribution < 1.29 is 9.53 Å². The van der Waals surface area contributed by atoms with E-state index in [0.717, 1.165) is 21.4 Å². The Hall–Kier alpha value is -1.62. The van der Waals surface area contributed by atoms with Crippen LogP contribution in [-0.2, 0) is 0 Å². The second kappa shape index (κ2) is 6.43. The summed E-state index contributed by atoms with van der Waals surface area (Å²) in [6.07, 6.45) is 0. The van der Waals surface area contributed by atoms with Crippen LogP contribution in [0.2, 0.25) is 0 Å². The summed E-state index contributed by atoms with van der Waals surface area (Å²) in [7, 11) is 0. The summed E-state index contributed by atoms with van der Waals surface area (Å²) >= 11 is 3.36. The minimum absolute atomic E-state index is 0.0267. The maximum atomic E-state index is 12.3. The molecule has 0 spiro atoms. The van der Waals surface area contributed by atoms with Crippen molar-refractivity contribution in [1.82, 2.24) is 9.78 Å². The van der Waals surface area contributed by atoms with Crippen LogP contribution in [0.5, 0.6) is 5.75 Å². The quantitative estimate of drug-likeness (QED) is 0.833. The second-order valence-corrected chi connectivity index (χ2v) is 6.20. The first kappa shape index (κ1) is 15.8. The molecule has 0 bridgehead atoms. The van der Waals surface area contributed by atoms with Crippen molar-refractivity contribution in [3.8, 4) is 5.75 Å². The van der Waals surface area contributed by atoms with Crippen molar-refractivity contribution in [1.29, 1.82) is 0 Å². The lowest BCUT2D eigenvalue weighted by atomic mass is 10.0. The molecule has 0 N–H and O–H groups in total. The van der Waals surface area contributed by atoms with Crippen LogP contribution in [0, 0.1) is 13.8 Å². The smallest absolute Gasteiger partial charge is 0.284 e. The van der Waals surface area contributed by atoms with E-state index in [0.29, 0.717) is 11.7 Å². The molecule has 0 aliphatic heterocycles. The maximum Gasteiger partial charge on any atom is 0.284 e. The second-order valence-electron chi connectivity index (χ2n) is 5.29. The molecule has 112 valence electrons. The third-order valence-electron chi connectivity index (χ3n) is 3.34. The number of hydrogen-bond acceptors (Lipinski definition) is 3. The number of hydrogen-bond donors (Lipinski definition) is 0. The topological polar surface area (TPSA) is 44.1 Å². The number of halogens is 1. The van der Waals surface area contributed by atoms with Gasteiger partial charge < -0.3 is 4.74 Å². The number of nitrogens with zero attached hydrogens (tertiary/aromatic N) is 2. The van der Waals surface area contributed by atoms with Gasteiger partial charge in [-0.15, -0.1) is 0 Å². The first-order valence-electron chi connectivity index (χ1n) is 6.88. The Morgan fingerprint density at radius 3 is 2.43 bits per heavy atom. The van der Waals surface area contributed by atoms with Gasteiger partial charge in [0.25, 0.3) is 5.91 Å². The molecule has 2 aromatic rings. The molecule has 0 unspecified atom stereocenters. The SMILES string of the molecule is Cc1nn(C(=O)COc2ccc(Br)cc2)c(C)c1C(C)C. The monoisotopic (exact) mass is 350 g/mol. The van der Waals surface area contributed by atoms with E-state index >= 15 is 0 Å². The third-order valence-corrected chi connectivity index (χ3v) is 3.87. The Morgan fingerprint density at radius 1 is 1.29 bits per heavy atom. The fourth-order valence-electron chi connectivity index (χ4n) is 2.47. The largest absolute Gasteiger partial charge is 0.484 e. The zero-order valence-electron chi connectivity index (χ0n) is 12.7. The summed E-state index contributed by atoms with van der Waals surface area (Å²) < 4.78 is 7.93. The number of benzene rings is 1. The Bertz CT molecular complexity index is 645. The molecule has 0 atom stereocenters. The number of aromatic nitrogens is 2. The number of rotatable bonds is 4. The summed E-state index contributed by atoms with van der Waals surface area (Å²) in [6, 6.07) is 7.39. The number of aryl methyl sites for hydroxylation is 1. The Kier molecular flexibility index (Phi) is 4.83. The van der Waals surface area contributed by atoms with Crippen molar-refractivity contribution in [3.05, 3.63) is 45.7 Å². The van der Waals surface area contributed by atoms with Crippen molar-refractivity contribution in [2.75, 3.05) is 6.61 Å². The molecule has 1 aromatic carbocycles. The summed E-state index contributed by atoms with van der Waals surface area (Å²) in [4.78, 5) is 12.3. The van der Waals surface area contributed by atoms with Gasteiger partial charge in [0.1, 0.15) is 5.75 Å². The van der Waals surface area contributed by atoms with Crippen LogP contribution < -0.4 is 4.74 Å². The molecule has 4 nitrogen and oxygen atoms in total. The molecule has 0 fully saturated rings. The average Bonchev–Trinajstić information content (AvgIpc) is 2.73. The van der Waals surface area contributed by atoms with E-state index in [1.807, 2.05) is 38.1 Å². The molecule has 1 aromatic heterocycles. The third kappa shape index (κ3) is 3.53. The van der Waals surface area contributed by atoms with Gasteiger partial charge in [-0.2, -0.15) is 5.10 Å². The zero-order valence-corrected chi connectivity index (χ0v) is 14.3. The van der Waals surface area contributed by atoms with Crippen molar-refractivity contribution in [3.63, 3.8) is 0 Å². The lowest BCUT2D eigenvalue weighted by Gasteiger charge is -2.08. The minimum Gasteiger partial charge on any atom is -0.484 e. The van der Waals surface area contributed by atoms with Gasteiger partial charge in [-0.1, -0.05) is 29.8 Å². The van der Waals surface area contributed by atoms with Gasteiger partial charge in [-0.05, 0) is 49.6 Å². The molecule has 0 radical (unpaired) electrons. The van der Waals surface area contributed by atoms with Gasteiger partial charge in [0.2, 0.25) is 0 Å².